The predicted octanol–water partition coefficient (Wildman–Crippen LogP) is 0.561. The van der Waals surface area contributed by atoms with E-state index in [1.54, 1.807) is 0 Å². The second-order valence-corrected chi connectivity index (χ2v) is 6.07. The number of rotatable bonds is 3. The first-order valence-corrected chi connectivity index (χ1v) is 7.44. The zero-order valence-corrected chi connectivity index (χ0v) is 12.2. The fourth-order valence-electron chi connectivity index (χ4n) is 3.30. The molecule has 2 aliphatic heterocycles. The highest BCUT2D eigenvalue weighted by molar-refractivity contribution is 5.69. The highest BCUT2D eigenvalue weighted by Crippen LogP contribution is 2.21. The molecule has 1 N–H and O–H groups in total. The van der Waals surface area contributed by atoms with E-state index in [0.29, 0.717) is 12.1 Å². The van der Waals surface area contributed by atoms with Crippen LogP contribution in [0.2, 0.25) is 0 Å². The van der Waals surface area contributed by atoms with Gasteiger partial charge < -0.3 is 10.0 Å². The number of hydrogen-bond donors (Lipinski definition) is 1. The maximum absolute atomic E-state index is 10.8. The standard InChI is InChI=1S/C14H27N3O2/c1-12-10-13(4-7-15(12)2)17-6-3-5-16(8-9-17)11-14(18)19/h12-13H,3-11H2,1-2H3,(H,18,19). The lowest BCUT2D eigenvalue weighted by molar-refractivity contribution is -0.138. The van der Waals surface area contributed by atoms with Crippen molar-refractivity contribution in [2.45, 2.75) is 38.3 Å². The van der Waals surface area contributed by atoms with Crippen molar-refractivity contribution in [1.29, 1.82) is 0 Å². The molecule has 110 valence electrons. The smallest absolute Gasteiger partial charge is 0.317 e. The second-order valence-electron chi connectivity index (χ2n) is 6.07. The summed E-state index contributed by atoms with van der Waals surface area (Å²) in [5.74, 6) is -0.707. The molecule has 2 heterocycles. The summed E-state index contributed by atoms with van der Waals surface area (Å²) in [5, 5.41) is 8.88. The van der Waals surface area contributed by atoms with Gasteiger partial charge in [0.1, 0.15) is 0 Å². The van der Waals surface area contributed by atoms with Gasteiger partial charge in [0.2, 0.25) is 0 Å². The van der Waals surface area contributed by atoms with E-state index in [-0.39, 0.29) is 6.54 Å². The first-order valence-electron chi connectivity index (χ1n) is 7.44. The number of carbonyl (C=O) groups is 1. The highest BCUT2D eigenvalue weighted by atomic mass is 16.4. The van der Waals surface area contributed by atoms with Crippen molar-refractivity contribution in [1.82, 2.24) is 14.7 Å². The molecule has 2 atom stereocenters. The Labute approximate surface area is 116 Å². The number of aliphatic carboxylic acids is 1. The van der Waals surface area contributed by atoms with Crippen molar-refractivity contribution in [3.05, 3.63) is 0 Å². The van der Waals surface area contributed by atoms with Gasteiger partial charge in [0, 0.05) is 31.7 Å². The Morgan fingerprint density at radius 1 is 1.21 bits per heavy atom. The summed E-state index contributed by atoms with van der Waals surface area (Å²) in [5.41, 5.74) is 0. The fourth-order valence-corrected chi connectivity index (χ4v) is 3.30. The maximum atomic E-state index is 10.8. The fraction of sp³-hybridized carbons (Fsp3) is 0.929. The molecule has 2 aliphatic rings. The van der Waals surface area contributed by atoms with E-state index in [4.69, 9.17) is 5.11 Å². The van der Waals surface area contributed by atoms with Crippen molar-refractivity contribution in [3.63, 3.8) is 0 Å². The zero-order chi connectivity index (χ0) is 13.8. The third kappa shape index (κ3) is 4.16. The Morgan fingerprint density at radius 3 is 2.68 bits per heavy atom. The lowest BCUT2D eigenvalue weighted by atomic mass is 9.97. The van der Waals surface area contributed by atoms with Crippen LogP contribution in [0, 0.1) is 0 Å². The van der Waals surface area contributed by atoms with Crippen LogP contribution in [0.1, 0.15) is 26.2 Å². The molecule has 0 aromatic carbocycles. The van der Waals surface area contributed by atoms with Crippen LogP contribution in [0.5, 0.6) is 0 Å². The molecule has 0 aliphatic carbocycles. The first kappa shape index (κ1) is 14.8. The molecule has 2 saturated heterocycles. The summed E-state index contributed by atoms with van der Waals surface area (Å²) in [6, 6.07) is 1.35. The Morgan fingerprint density at radius 2 is 2.00 bits per heavy atom. The highest BCUT2D eigenvalue weighted by Gasteiger charge is 2.28. The molecule has 2 unspecified atom stereocenters. The first-order chi connectivity index (χ1) is 9.06. The van der Waals surface area contributed by atoms with Gasteiger partial charge in [0.25, 0.3) is 0 Å². The van der Waals surface area contributed by atoms with E-state index < -0.39 is 5.97 Å². The van der Waals surface area contributed by atoms with Gasteiger partial charge in [-0.2, -0.15) is 0 Å². The van der Waals surface area contributed by atoms with Crippen molar-refractivity contribution in [2.24, 2.45) is 0 Å². The molecule has 0 aromatic heterocycles. The van der Waals surface area contributed by atoms with Crippen molar-refractivity contribution < 1.29 is 9.90 Å². The third-order valence-electron chi connectivity index (χ3n) is 4.68. The maximum Gasteiger partial charge on any atom is 0.317 e. The van der Waals surface area contributed by atoms with Gasteiger partial charge in [-0.25, -0.2) is 0 Å². The van der Waals surface area contributed by atoms with E-state index in [0.717, 1.165) is 32.6 Å². The molecule has 2 rings (SSSR count). The molecule has 2 fully saturated rings. The van der Waals surface area contributed by atoms with E-state index in [2.05, 4.69) is 28.7 Å². The van der Waals surface area contributed by atoms with Crippen LogP contribution in [0.4, 0.5) is 0 Å². The normalized spacial score (nSPS) is 32.1. The number of likely N-dealkylation sites (tertiary alicyclic amines) is 1. The minimum absolute atomic E-state index is 0.192. The second kappa shape index (κ2) is 6.68. The molecular weight excluding hydrogens is 242 g/mol. The summed E-state index contributed by atoms with van der Waals surface area (Å²) < 4.78 is 0. The summed E-state index contributed by atoms with van der Waals surface area (Å²) in [7, 11) is 2.21. The van der Waals surface area contributed by atoms with Crippen molar-refractivity contribution >= 4 is 5.97 Å². The monoisotopic (exact) mass is 269 g/mol. The molecule has 0 bridgehead atoms. The van der Waals surface area contributed by atoms with Crippen molar-refractivity contribution in [3.8, 4) is 0 Å². The van der Waals surface area contributed by atoms with E-state index in [9.17, 15) is 4.79 Å². The quantitative estimate of drug-likeness (QED) is 0.811. The Kier molecular flexibility index (Phi) is 5.19. The number of nitrogens with zero attached hydrogens (tertiary/aromatic N) is 3. The van der Waals surface area contributed by atoms with Crippen LogP contribution in [0.15, 0.2) is 0 Å². The third-order valence-corrected chi connectivity index (χ3v) is 4.68. The lowest BCUT2D eigenvalue weighted by Crippen LogP contribution is -2.48. The number of piperidine rings is 1. The number of carboxylic acids is 1. The van der Waals surface area contributed by atoms with Crippen LogP contribution < -0.4 is 0 Å². The van der Waals surface area contributed by atoms with Gasteiger partial charge >= 0.3 is 5.97 Å². The minimum atomic E-state index is -0.707. The van der Waals surface area contributed by atoms with E-state index >= 15 is 0 Å². The van der Waals surface area contributed by atoms with Gasteiger partial charge in [-0.1, -0.05) is 0 Å². The van der Waals surface area contributed by atoms with Gasteiger partial charge in [-0.15, -0.1) is 0 Å². The molecule has 0 saturated carbocycles. The number of carboxylic acid groups (broad SMARTS) is 1. The van der Waals surface area contributed by atoms with Crippen molar-refractivity contribution in [2.75, 3.05) is 46.3 Å². The molecule has 5 heteroatoms. The molecule has 0 aromatic rings. The van der Waals surface area contributed by atoms with Crippen LogP contribution in [0.3, 0.4) is 0 Å². The van der Waals surface area contributed by atoms with Crippen LogP contribution in [-0.2, 0) is 4.79 Å². The van der Waals surface area contributed by atoms with Gasteiger partial charge in [0.05, 0.1) is 6.54 Å². The van der Waals surface area contributed by atoms with Crippen LogP contribution in [-0.4, -0.2) is 84.2 Å². The van der Waals surface area contributed by atoms with Crippen LogP contribution >= 0.6 is 0 Å². The average molecular weight is 269 g/mol. The van der Waals surface area contributed by atoms with Gasteiger partial charge in [0.15, 0.2) is 0 Å². The Balaban J connectivity index is 1.83. The Bertz CT molecular complexity index is 311. The van der Waals surface area contributed by atoms with Gasteiger partial charge in [-0.05, 0) is 46.3 Å². The Hall–Kier alpha value is -0.650. The molecular formula is C14H27N3O2. The summed E-state index contributed by atoms with van der Waals surface area (Å²) in [6.07, 6.45) is 3.59. The molecule has 0 radical (unpaired) electrons. The summed E-state index contributed by atoms with van der Waals surface area (Å²) in [4.78, 5) is 17.9. The molecule has 0 amide bonds. The predicted molar refractivity (Wildman–Crippen MR) is 75.4 cm³/mol. The average Bonchev–Trinajstić information content (AvgIpc) is 2.58. The molecule has 5 nitrogen and oxygen atoms in total. The largest absolute Gasteiger partial charge is 0.480 e. The topological polar surface area (TPSA) is 47.0 Å². The number of hydrogen-bond acceptors (Lipinski definition) is 4. The summed E-state index contributed by atoms with van der Waals surface area (Å²) >= 11 is 0. The van der Waals surface area contributed by atoms with E-state index in [1.165, 1.54) is 19.4 Å². The molecule has 19 heavy (non-hydrogen) atoms. The zero-order valence-electron chi connectivity index (χ0n) is 12.2. The SMILES string of the molecule is CC1CC(N2CCCN(CC(=O)O)CC2)CCN1C. The van der Waals surface area contributed by atoms with Crippen LogP contribution in [0.25, 0.3) is 0 Å². The minimum Gasteiger partial charge on any atom is -0.480 e. The molecule has 0 spiro atoms. The summed E-state index contributed by atoms with van der Waals surface area (Å²) in [6.45, 7) is 7.64. The van der Waals surface area contributed by atoms with E-state index in [1.807, 2.05) is 0 Å². The lowest BCUT2D eigenvalue weighted by Gasteiger charge is -2.40. The van der Waals surface area contributed by atoms with Gasteiger partial charge in [-0.3, -0.25) is 14.6 Å².